The van der Waals surface area contributed by atoms with Gasteiger partial charge >= 0.3 is 5.97 Å². The minimum Gasteiger partial charge on any atom is -0.480 e. The number of benzene rings is 1. The van der Waals surface area contributed by atoms with Crippen molar-refractivity contribution in [1.82, 2.24) is 4.90 Å². The van der Waals surface area contributed by atoms with E-state index < -0.39 is 41.9 Å². The molecule has 0 saturated carbocycles. The topological polar surface area (TPSA) is 77.9 Å². The number of amides is 2. The van der Waals surface area contributed by atoms with Gasteiger partial charge in [-0.05, 0) is 18.6 Å². The Kier molecular flexibility index (Phi) is 4.39. The van der Waals surface area contributed by atoms with E-state index in [-0.39, 0.29) is 18.7 Å². The molecule has 0 radical (unpaired) electrons. The van der Waals surface area contributed by atoms with Crippen molar-refractivity contribution in [2.75, 3.05) is 25.0 Å². The van der Waals surface area contributed by atoms with Gasteiger partial charge in [-0.1, -0.05) is 0 Å². The van der Waals surface area contributed by atoms with Crippen LogP contribution in [0.2, 0.25) is 0 Å². The summed E-state index contributed by atoms with van der Waals surface area (Å²) in [5.41, 5.74) is 0.167. The summed E-state index contributed by atoms with van der Waals surface area (Å²) in [7, 11) is 1.30. The average Bonchev–Trinajstić information content (AvgIpc) is 2.82. The molecule has 0 bridgehead atoms. The Morgan fingerprint density at radius 2 is 2.05 bits per heavy atom. The average molecular weight is 312 g/mol. The third-order valence-corrected chi connectivity index (χ3v) is 3.47. The Labute approximate surface area is 124 Å². The minimum atomic E-state index is -1.18. The molecule has 6 nitrogen and oxygen atoms in total. The van der Waals surface area contributed by atoms with Crippen molar-refractivity contribution in [1.29, 1.82) is 0 Å². The highest BCUT2D eigenvalue weighted by atomic mass is 19.2. The van der Waals surface area contributed by atoms with Crippen molar-refractivity contribution in [2.45, 2.75) is 6.42 Å². The van der Waals surface area contributed by atoms with E-state index in [0.29, 0.717) is 0 Å². The second kappa shape index (κ2) is 6.08. The van der Waals surface area contributed by atoms with Crippen molar-refractivity contribution < 1.29 is 28.3 Å². The Morgan fingerprint density at radius 3 is 2.64 bits per heavy atom. The van der Waals surface area contributed by atoms with Crippen molar-refractivity contribution in [3.63, 3.8) is 0 Å². The number of carboxylic acids is 1. The zero-order valence-electron chi connectivity index (χ0n) is 11.8. The third-order valence-electron chi connectivity index (χ3n) is 3.47. The highest BCUT2D eigenvalue weighted by Crippen LogP contribution is 2.27. The number of rotatable bonds is 4. The summed E-state index contributed by atoms with van der Waals surface area (Å²) >= 11 is 0. The zero-order valence-corrected chi connectivity index (χ0v) is 11.8. The Bertz CT molecular complexity index is 635. The van der Waals surface area contributed by atoms with Crippen LogP contribution in [0.3, 0.4) is 0 Å². The number of hydrogen-bond donors (Lipinski definition) is 1. The molecule has 2 amide bonds. The van der Waals surface area contributed by atoms with Crippen molar-refractivity contribution in [3.05, 3.63) is 29.8 Å². The van der Waals surface area contributed by atoms with Gasteiger partial charge in [0, 0.05) is 25.3 Å². The van der Waals surface area contributed by atoms with E-state index in [4.69, 9.17) is 5.11 Å². The summed E-state index contributed by atoms with van der Waals surface area (Å²) < 4.78 is 26.2. The summed E-state index contributed by atoms with van der Waals surface area (Å²) in [5, 5.41) is 8.66. The van der Waals surface area contributed by atoms with Crippen LogP contribution in [0.1, 0.15) is 6.42 Å². The Hall–Kier alpha value is -2.51. The fraction of sp³-hybridized carbons (Fsp3) is 0.357. The lowest BCUT2D eigenvalue weighted by Gasteiger charge is -2.20. The quantitative estimate of drug-likeness (QED) is 0.837. The lowest BCUT2D eigenvalue weighted by atomic mass is 10.1. The number of nitrogens with zero attached hydrogens (tertiary/aromatic N) is 2. The monoisotopic (exact) mass is 312 g/mol. The summed E-state index contributed by atoms with van der Waals surface area (Å²) in [5.74, 6) is -5.44. The molecule has 1 fully saturated rings. The summed E-state index contributed by atoms with van der Waals surface area (Å²) in [6, 6.07) is 3.05. The fourth-order valence-electron chi connectivity index (χ4n) is 2.37. The molecule has 1 aromatic rings. The maximum Gasteiger partial charge on any atom is 0.323 e. The van der Waals surface area contributed by atoms with Crippen LogP contribution in [0.4, 0.5) is 14.5 Å². The van der Waals surface area contributed by atoms with Crippen LogP contribution in [-0.4, -0.2) is 47.9 Å². The van der Waals surface area contributed by atoms with E-state index >= 15 is 0 Å². The second-order valence-electron chi connectivity index (χ2n) is 5.02. The molecule has 1 aromatic carbocycles. The fourth-order valence-corrected chi connectivity index (χ4v) is 2.37. The predicted molar refractivity (Wildman–Crippen MR) is 72.1 cm³/mol. The molecule has 0 spiro atoms. The van der Waals surface area contributed by atoms with Crippen LogP contribution >= 0.6 is 0 Å². The number of carbonyl (C=O) groups excluding carboxylic acids is 2. The van der Waals surface area contributed by atoms with Crippen LogP contribution in [0, 0.1) is 17.6 Å². The zero-order chi connectivity index (χ0) is 16.4. The van der Waals surface area contributed by atoms with Crippen LogP contribution in [0.25, 0.3) is 0 Å². The van der Waals surface area contributed by atoms with Crippen molar-refractivity contribution in [3.8, 4) is 0 Å². The lowest BCUT2D eigenvalue weighted by molar-refractivity contribution is -0.146. The first kappa shape index (κ1) is 15.9. The van der Waals surface area contributed by atoms with Gasteiger partial charge in [0.05, 0.1) is 0 Å². The number of hydrogen-bond acceptors (Lipinski definition) is 3. The predicted octanol–water partition coefficient (Wildman–Crippen LogP) is 0.861. The van der Waals surface area contributed by atoms with E-state index in [1.807, 2.05) is 0 Å². The molecule has 1 aliphatic heterocycles. The highest BCUT2D eigenvalue weighted by molar-refractivity contribution is 6.09. The highest BCUT2D eigenvalue weighted by Gasteiger charge is 2.39. The first-order valence-electron chi connectivity index (χ1n) is 6.54. The molecule has 1 heterocycles. The van der Waals surface area contributed by atoms with Crippen LogP contribution in [-0.2, 0) is 14.4 Å². The summed E-state index contributed by atoms with van der Waals surface area (Å²) in [6.45, 7) is -0.324. The van der Waals surface area contributed by atoms with E-state index in [1.54, 1.807) is 0 Å². The van der Waals surface area contributed by atoms with Crippen molar-refractivity contribution >= 4 is 23.5 Å². The molecule has 1 saturated heterocycles. The molecular formula is C14H14F2N2O4. The van der Waals surface area contributed by atoms with Gasteiger partial charge in [0.1, 0.15) is 12.5 Å². The first-order valence-corrected chi connectivity index (χ1v) is 6.54. The molecule has 2 rings (SSSR count). The normalized spacial score (nSPS) is 17.7. The van der Waals surface area contributed by atoms with E-state index in [9.17, 15) is 23.2 Å². The molecular weight excluding hydrogens is 298 g/mol. The molecule has 1 aliphatic rings. The lowest BCUT2D eigenvalue weighted by Crippen LogP contribution is -2.40. The molecule has 118 valence electrons. The number of halogens is 2. The molecule has 0 aliphatic carbocycles. The van der Waals surface area contributed by atoms with Gasteiger partial charge in [-0.25, -0.2) is 8.78 Å². The van der Waals surface area contributed by atoms with E-state index in [0.717, 1.165) is 17.0 Å². The van der Waals surface area contributed by atoms with Gasteiger partial charge in [-0.3, -0.25) is 14.4 Å². The van der Waals surface area contributed by atoms with Crippen LogP contribution in [0.15, 0.2) is 18.2 Å². The summed E-state index contributed by atoms with van der Waals surface area (Å²) in [6.07, 6.45) is 0.195. The van der Waals surface area contributed by atoms with Gasteiger partial charge in [0.2, 0.25) is 11.8 Å². The largest absolute Gasteiger partial charge is 0.480 e. The number of carboxylic acid groups (broad SMARTS) is 1. The first-order chi connectivity index (χ1) is 10.3. The maximum absolute atomic E-state index is 13.2. The van der Waals surface area contributed by atoms with E-state index in [2.05, 4.69) is 0 Å². The number of carbonyl (C=O) groups is 3. The molecule has 0 aromatic heterocycles. The Morgan fingerprint density at radius 1 is 1.36 bits per heavy atom. The standard InChI is InChI=1S/C14H14F2N2O4/c1-17(7-12(19)20)13(21)9-4-5-18(14(9)22)8-2-3-10(15)11(16)6-8/h2-3,6,9H,4-5,7H2,1H3,(H,19,20)/t9-/m0/s1. The molecule has 22 heavy (non-hydrogen) atoms. The maximum atomic E-state index is 13.2. The summed E-state index contributed by atoms with van der Waals surface area (Å²) in [4.78, 5) is 37.1. The van der Waals surface area contributed by atoms with Gasteiger partial charge in [0.25, 0.3) is 0 Å². The van der Waals surface area contributed by atoms with Gasteiger partial charge in [-0.2, -0.15) is 0 Å². The van der Waals surface area contributed by atoms with Gasteiger partial charge in [-0.15, -0.1) is 0 Å². The number of likely N-dealkylation sites (N-methyl/N-ethyl adjacent to an activating group) is 1. The third kappa shape index (κ3) is 3.05. The van der Waals surface area contributed by atoms with Gasteiger partial charge < -0.3 is 14.9 Å². The van der Waals surface area contributed by atoms with E-state index in [1.165, 1.54) is 18.0 Å². The SMILES string of the molecule is CN(CC(=O)O)C(=O)[C@@H]1CCN(c2ccc(F)c(F)c2)C1=O. The van der Waals surface area contributed by atoms with Crippen LogP contribution in [0.5, 0.6) is 0 Å². The number of aliphatic carboxylic acids is 1. The molecule has 8 heteroatoms. The van der Waals surface area contributed by atoms with Crippen molar-refractivity contribution in [2.24, 2.45) is 5.92 Å². The second-order valence-corrected chi connectivity index (χ2v) is 5.02. The van der Waals surface area contributed by atoms with Crippen LogP contribution < -0.4 is 4.90 Å². The molecule has 1 atom stereocenters. The van der Waals surface area contributed by atoms with Gasteiger partial charge in [0.15, 0.2) is 11.6 Å². The molecule has 1 N–H and O–H groups in total. The minimum absolute atomic E-state index is 0.167. The molecule has 0 unspecified atom stereocenters. The number of anilines is 1. The smallest absolute Gasteiger partial charge is 0.323 e. The Balaban J connectivity index is 2.13.